The number of hydrogen-bond donors (Lipinski definition) is 0. The maximum absolute atomic E-state index is 11.0. The summed E-state index contributed by atoms with van der Waals surface area (Å²) in [5.41, 5.74) is -0.744. The molecule has 0 aromatic carbocycles. The monoisotopic (exact) mass is 201 g/mol. The first-order chi connectivity index (χ1) is 5.95. The molecule has 0 aromatic heterocycles. The zero-order valence-corrected chi connectivity index (χ0v) is 9.05. The summed E-state index contributed by atoms with van der Waals surface area (Å²) in [5.74, 6) is -0.475. The van der Waals surface area contributed by atoms with Crippen LogP contribution in [0.15, 0.2) is 12.2 Å². The zero-order chi connectivity index (χ0) is 10.5. The number of carbonyl (C=O) groups is 1. The first kappa shape index (κ1) is 12.3. The quantitative estimate of drug-likeness (QED) is 0.276. The van der Waals surface area contributed by atoms with E-state index in [1.807, 2.05) is 0 Å². The van der Waals surface area contributed by atoms with E-state index in [2.05, 4.69) is 16.8 Å². The van der Waals surface area contributed by atoms with Gasteiger partial charge in [0.1, 0.15) is 16.8 Å². The lowest BCUT2D eigenvalue weighted by atomic mass is 10.4. The van der Waals surface area contributed by atoms with Gasteiger partial charge >= 0.3 is 5.97 Å². The van der Waals surface area contributed by atoms with E-state index in [-0.39, 0.29) is 6.61 Å². The third kappa shape index (κ3) is 4.21. The van der Waals surface area contributed by atoms with E-state index in [1.165, 1.54) is 14.2 Å². The minimum atomic E-state index is -1.08. The molecular weight excluding hydrogens is 188 g/mol. The highest BCUT2D eigenvalue weighted by Crippen LogP contribution is 2.07. The third-order valence-corrected chi connectivity index (χ3v) is 1.95. The van der Waals surface area contributed by atoms with Crippen LogP contribution in [0.25, 0.3) is 0 Å². The minimum Gasteiger partial charge on any atom is -0.457 e. The van der Waals surface area contributed by atoms with Gasteiger partial charge in [-0.05, 0) is 6.92 Å². The summed E-state index contributed by atoms with van der Waals surface area (Å²) in [5, 5.41) is 0. The van der Waals surface area contributed by atoms with Crippen molar-refractivity contribution < 1.29 is 19.0 Å². The number of esters is 1. The predicted octanol–water partition coefficient (Wildman–Crippen LogP) is 0.221. The van der Waals surface area contributed by atoms with Gasteiger partial charge in [-0.3, -0.25) is 0 Å². The molecular formula is C8H13O4Si. The van der Waals surface area contributed by atoms with Crippen LogP contribution in [0, 0.1) is 0 Å². The van der Waals surface area contributed by atoms with Crippen LogP contribution in [0.3, 0.4) is 0 Å². The van der Waals surface area contributed by atoms with Crippen LogP contribution in [0.4, 0.5) is 0 Å². The molecule has 0 aliphatic heterocycles. The van der Waals surface area contributed by atoms with E-state index in [1.54, 1.807) is 6.92 Å². The fourth-order valence-electron chi connectivity index (χ4n) is 0.485. The fourth-order valence-corrected chi connectivity index (χ4v) is 0.557. The molecule has 0 amide bonds. The van der Waals surface area contributed by atoms with E-state index in [4.69, 9.17) is 14.2 Å². The molecule has 0 unspecified atom stereocenters. The van der Waals surface area contributed by atoms with Gasteiger partial charge in [-0.15, -0.1) is 0 Å². The second kappa shape index (κ2) is 5.16. The lowest BCUT2D eigenvalue weighted by Crippen LogP contribution is -2.40. The normalized spacial score (nSPS) is 11.1. The topological polar surface area (TPSA) is 44.8 Å². The highest BCUT2D eigenvalue weighted by molar-refractivity contribution is 6.13. The van der Waals surface area contributed by atoms with E-state index in [9.17, 15) is 4.79 Å². The summed E-state index contributed by atoms with van der Waals surface area (Å²) in [6.07, 6.45) is 0. The number of methoxy groups -OCH3 is 2. The van der Waals surface area contributed by atoms with Crippen molar-refractivity contribution in [3.8, 4) is 0 Å². The van der Waals surface area contributed by atoms with Gasteiger partial charge in [-0.1, -0.05) is 6.58 Å². The molecule has 73 valence electrons. The van der Waals surface area contributed by atoms with E-state index >= 15 is 0 Å². The van der Waals surface area contributed by atoms with Crippen LogP contribution in [0.1, 0.15) is 6.92 Å². The number of rotatable bonds is 5. The molecule has 0 bridgehead atoms. The van der Waals surface area contributed by atoms with Crippen molar-refractivity contribution in [1.29, 1.82) is 0 Å². The van der Waals surface area contributed by atoms with Crippen molar-refractivity contribution in [3.05, 3.63) is 12.2 Å². The van der Waals surface area contributed by atoms with Gasteiger partial charge in [-0.2, -0.15) is 0 Å². The first-order valence-electron chi connectivity index (χ1n) is 3.63. The van der Waals surface area contributed by atoms with Crippen molar-refractivity contribution in [2.45, 2.75) is 12.3 Å². The van der Waals surface area contributed by atoms with Crippen LogP contribution >= 0.6 is 0 Å². The molecule has 0 atom stereocenters. The van der Waals surface area contributed by atoms with Crippen LogP contribution in [0.2, 0.25) is 0 Å². The molecule has 0 saturated heterocycles. The lowest BCUT2D eigenvalue weighted by Gasteiger charge is -2.25. The highest BCUT2D eigenvalue weighted by Gasteiger charge is 2.24. The summed E-state index contributed by atoms with van der Waals surface area (Å²) in [4.78, 5) is 11.0. The summed E-state index contributed by atoms with van der Waals surface area (Å²) in [6.45, 7) is 4.96. The SMILES string of the molecule is C=C(C)C(=O)OCC([Si])(OC)OC. The molecule has 0 saturated carbocycles. The largest absolute Gasteiger partial charge is 0.457 e. The Morgan fingerprint density at radius 3 is 2.23 bits per heavy atom. The minimum absolute atomic E-state index is 0.0391. The van der Waals surface area contributed by atoms with E-state index in [0.29, 0.717) is 5.57 Å². The van der Waals surface area contributed by atoms with Crippen LogP contribution < -0.4 is 0 Å². The number of carbonyl (C=O) groups excluding carboxylic acids is 1. The number of hydrogen-bond acceptors (Lipinski definition) is 4. The molecule has 0 rings (SSSR count). The molecule has 0 spiro atoms. The average Bonchev–Trinajstić information content (AvgIpc) is 2.13. The smallest absolute Gasteiger partial charge is 0.333 e. The first-order valence-corrected chi connectivity index (χ1v) is 4.13. The standard InChI is InChI=1S/C8H13O4Si/c1-6(2)7(9)12-5-8(13,10-3)11-4/h1,5H2,2-4H3. The van der Waals surface area contributed by atoms with Crippen molar-refractivity contribution in [2.75, 3.05) is 20.8 Å². The second-order valence-corrected chi connectivity index (χ2v) is 3.28. The molecule has 4 nitrogen and oxygen atoms in total. The van der Waals surface area contributed by atoms with Gasteiger partial charge in [-0.25, -0.2) is 4.79 Å². The molecule has 5 heteroatoms. The third-order valence-electron chi connectivity index (χ3n) is 1.40. The van der Waals surface area contributed by atoms with Gasteiger partial charge in [0, 0.05) is 19.8 Å². The fraction of sp³-hybridized carbons (Fsp3) is 0.625. The Labute approximate surface area is 81.3 Å². The van der Waals surface area contributed by atoms with Gasteiger partial charge in [0.2, 0.25) is 0 Å². The maximum atomic E-state index is 11.0. The molecule has 0 heterocycles. The Morgan fingerprint density at radius 2 is 1.92 bits per heavy atom. The lowest BCUT2D eigenvalue weighted by molar-refractivity contribution is -0.183. The molecule has 0 aliphatic carbocycles. The summed E-state index contributed by atoms with van der Waals surface area (Å²) in [6, 6.07) is 0. The Morgan fingerprint density at radius 1 is 1.46 bits per heavy atom. The zero-order valence-electron chi connectivity index (χ0n) is 8.05. The Hall–Kier alpha value is -0.653. The molecule has 0 N–H and O–H groups in total. The van der Waals surface area contributed by atoms with Crippen LogP contribution in [-0.2, 0) is 19.0 Å². The molecule has 0 aliphatic rings. The van der Waals surface area contributed by atoms with E-state index < -0.39 is 11.4 Å². The van der Waals surface area contributed by atoms with Gasteiger partial charge in [0.15, 0.2) is 5.41 Å². The molecule has 0 fully saturated rings. The Balaban J connectivity index is 4.00. The molecule has 13 heavy (non-hydrogen) atoms. The van der Waals surface area contributed by atoms with Gasteiger partial charge in [0.25, 0.3) is 0 Å². The van der Waals surface area contributed by atoms with Crippen molar-refractivity contribution in [1.82, 2.24) is 0 Å². The van der Waals surface area contributed by atoms with Crippen LogP contribution in [0.5, 0.6) is 0 Å². The molecule has 0 aromatic rings. The second-order valence-electron chi connectivity index (χ2n) is 2.52. The van der Waals surface area contributed by atoms with E-state index in [0.717, 1.165) is 0 Å². The van der Waals surface area contributed by atoms with Crippen molar-refractivity contribution in [2.24, 2.45) is 0 Å². The van der Waals surface area contributed by atoms with Crippen molar-refractivity contribution in [3.63, 3.8) is 0 Å². The Bertz CT molecular complexity index is 198. The van der Waals surface area contributed by atoms with Crippen LogP contribution in [-0.4, -0.2) is 42.4 Å². The summed E-state index contributed by atoms with van der Waals surface area (Å²) < 4.78 is 14.6. The number of ether oxygens (including phenoxy) is 3. The maximum Gasteiger partial charge on any atom is 0.333 e. The van der Waals surface area contributed by atoms with Gasteiger partial charge < -0.3 is 14.2 Å². The Kier molecular flexibility index (Phi) is 4.90. The van der Waals surface area contributed by atoms with Gasteiger partial charge in [0.05, 0.1) is 0 Å². The molecule has 3 radical (unpaired) electrons. The van der Waals surface area contributed by atoms with Crippen molar-refractivity contribution >= 4 is 16.2 Å². The summed E-state index contributed by atoms with van der Waals surface area (Å²) in [7, 11) is 6.03. The summed E-state index contributed by atoms with van der Waals surface area (Å²) >= 11 is 0. The predicted molar refractivity (Wildman–Crippen MR) is 48.3 cm³/mol. The average molecular weight is 201 g/mol. The highest BCUT2D eigenvalue weighted by atomic mass is 28.1.